The highest BCUT2D eigenvalue weighted by atomic mass is 16.2. The fourth-order valence-corrected chi connectivity index (χ4v) is 3.30. The summed E-state index contributed by atoms with van der Waals surface area (Å²) in [4.78, 5) is 34.1. The van der Waals surface area contributed by atoms with E-state index in [0.29, 0.717) is 17.8 Å². The number of nitrogens with zero attached hydrogens (tertiary/aromatic N) is 4. The SMILES string of the molecule is Cc1ccn(Cc2cccnc2)c(=O)c1C(=O)Nc1ccc(-n2ccnc2C)cc1. The van der Waals surface area contributed by atoms with Gasteiger partial charge in [-0.05, 0) is 61.4 Å². The van der Waals surface area contributed by atoms with Crippen LogP contribution in [0, 0.1) is 13.8 Å². The number of aryl methyl sites for hydroxylation is 2. The molecule has 1 aromatic carbocycles. The molecule has 7 heteroatoms. The van der Waals surface area contributed by atoms with Gasteiger partial charge in [-0.15, -0.1) is 0 Å². The van der Waals surface area contributed by atoms with Crippen LogP contribution in [-0.2, 0) is 6.54 Å². The number of hydrogen-bond acceptors (Lipinski definition) is 4. The minimum atomic E-state index is -0.426. The third-order valence-corrected chi connectivity index (χ3v) is 4.91. The normalized spacial score (nSPS) is 10.7. The van der Waals surface area contributed by atoms with E-state index >= 15 is 0 Å². The van der Waals surface area contributed by atoms with Crippen LogP contribution in [0.4, 0.5) is 5.69 Å². The zero-order chi connectivity index (χ0) is 21.1. The number of hydrogen-bond donors (Lipinski definition) is 1. The molecule has 1 amide bonds. The molecule has 0 fully saturated rings. The zero-order valence-corrected chi connectivity index (χ0v) is 16.7. The number of carbonyl (C=O) groups excluding carboxylic acids is 1. The average Bonchev–Trinajstić information content (AvgIpc) is 3.17. The van der Waals surface area contributed by atoms with Gasteiger partial charge in [0, 0.05) is 42.4 Å². The summed E-state index contributed by atoms with van der Waals surface area (Å²) in [6.45, 7) is 4.03. The van der Waals surface area contributed by atoms with Gasteiger partial charge < -0.3 is 14.5 Å². The average molecular weight is 399 g/mol. The Labute approximate surface area is 173 Å². The molecule has 30 heavy (non-hydrogen) atoms. The van der Waals surface area contributed by atoms with Crippen LogP contribution in [-0.4, -0.2) is 25.0 Å². The molecule has 1 N–H and O–H groups in total. The number of anilines is 1. The Balaban J connectivity index is 1.57. The van der Waals surface area contributed by atoms with E-state index in [2.05, 4.69) is 15.3 Å². The molecule has 3 heterocycles. The molecule has 0 atom stereocenters. The summed E-state index contributed by atoms with van der Waals surface area (Å²) in [5.41, 5.74) is 2.88. The summed E-state index contributed by atoms with van der Waals surface area (Å²) in [5, 5.41) is 2.83. The van der Waals surface area contributed by atoms with Crippen molar-refractivity contribution in [1.29, 1.82) is 0 Å². The lowest BCUT2D eigenvalue weighted by Gasteiger charge is -2.12. The van der Waals surface area contributed by atoms with E-state index in [1.807, 2.05) is 42.0 Å². The fourth-order valence-electron chi connectivity index (χ4n) is 3.30. The Morgan fingerprint density at radius 3 is 2.50 bits per heavy atom. The Kier molecular flexibility index (Phi) is 5.26. The first kappa shape index (κ1) is 19.3. The largest absolute Gasteiger partial charge is 0.322 e. The molecule has 0 radical (unpaired) electrons. The summed E-state index contributed by atoms with van der Waals surface area (Å²) in [5.74, 6) is 0.450. The lowest BCUT2D eigenvalue weighted by atomic mass is 10.1. The van der Waals surface area contributed by atoms with Crippen molar-refractivity contribution in [2.24, 2.45) is 0 Å². The van der Waals surface area contributed by atoms with E-state index in [0.717, 1.165) is 17.1 Å². The first-order chi connectivity index (χ1) is 14.5. The summed E-state index contributed by atoms with van der Waals surface area (Å²) in [7, 11) is 0. The van der Waals surface area contributed by atoms with Crippen molar-refractivity contribution < 1.29 is 4.79 Å². The highest BCUT2D eigenvalue weighted by molar-refractivity contribution is 6.05. The van der Waals surface area contributed by atoms with E-state index in [9.17, 15) is 9.59 Å². The molecular weight excluding hydrogens is 378 g/mol. The van der Waals surface area contributed by atoms with Gasteiger partial charge in [-0.2, -0.15) is 0 Å². The minimum Gasteiger partial charge on any atom is -0.322 e. The van der Waals surface area contributed by atoms with Crippen LogP contribution >= 0.6 is 0 Å². The molecule has 3 aromatic heterocycles. The Morgan fingerprint density at radius 1 is 1.03 bits per heavy atom. The maximum absolute atomic E-state index is 12.9. The second kappa shape index (κ2) is 8.16. The topological polar surface area (TPSA) is 81.8 Å². The lowest BCUT2D eigenvalue weighted by molar-refractivity contribution is 0.102. The number of aromatic nitrogens is 4. The van der Waals surface area contributed by atoms with Crippen LogP contribution in [0.5, 0.6) is 0 Å². The number of rotatable bonds is 5. The Bertz CT molecular complexity index is 1240. The van der Waals surface area contributed by atoms with Crippen molar-refractivity contribution in [3.63, 3.8) is 0 Å². The second-order valence-electron chi connectivity index (χ2n) is 7.01. The minimum absolute atomic E-state index is 0.135. The monoisotopic (exact) mass is 399 g/mol. The molecule has 4 aromatic rings. The quantitative estimate of drug-likeness (QED) is 0.558. The van der Waals surface area contributed by atoms with Crippen molar-refractivity contribution in [3.8, 4) is 5.69 Å². The van der Waals surface area contributed by atoms with Crippen LogP contribution in [0.25, 0.3) is 5.69 Å². The van der Waals surface area contributed by atoms with Crippen LogP contribution in [0.3, 0.4) is 0 Å². The van der Waals surface area contributed by atoms with E-state index in [1.165, 1.54) is 4.57 Å². The number of amides is 1. The van der Waals surface area contributed by atoms with E-state index in [-0.39, 0.29) is 11.1 Å². The molecule has 0 unspecified atom stereocenters. The van der Waals surface area contributed by atoms with Crippen molar-refractivity contribution in [2.75, 3.05) is 5.32 Å². The van der Waals surface area contributed by atoms with Crippen molar-refractivity contribution in [2.45, 2.75) is 20.4 Å². The molecule has 0 bridgehead atoms. The maximum Gasteiger partial charge on any atom is 0.263 e. The molecule has 0 saturated carbocycles. The van der Waals surface area contributed by atoms with Gasteiger partial charge in [-0.1, -0.05) is 6.07 Å². The number of nitrogens with one attached hydrogen (secondary N) is 1. The zero-order valence-electron chi connectivity index (χ0n) is 16.7. The van der Waals surface area contributed by atoms with Gasteiger partial charge in [-0.25, -0.2) is 4.98 Å². The van der Waals surface area contributed by atoms with Gasteiger partial charge in [0.2, 0.25) is 0 Å². The first-order valence-corrected chi connectivity index (χ1v) is 9.53. The van der Waals surface area contributed by atoms with Gasteiger partial charge >= 0.3 is 0 Å². The molecule has 0 aliphatic carbocycles. The first-order valence-electron chi connectivity index (χ1n) is 9.53. The van der Waals surface area contributed by atoms with Crippen molar-refractivity contribution in [1.82, 2.24) is 19.1 Å². The lowest BCUT2D eigenvalue weighted by Crippen LogP contribution is -2.30. The van der Waals surface area contributed by atoms with Gasteiger partial charge in [0.1, 0.15) is 11.4 Å². The third kappa shape index (κ3) is 3.91. The molecule has 0 aliphatic heterocycles. The van der Waals surface area contributed by atoms with Gasteiger partial charge in [0.25, 0.3) is 11.5 Å². The standard InChI is InChI=1S/C23H21N5O2/c1-16-9-12-27(15-18-4-3-10-24-14-18)23(30)21(16)22(29)26-19-5-7-20(8-6-19)28-13-11-25-17(28)2/h3-14H,15H2,1-2H3,(H,26,29). The van der Waals surface area contributed by atoms with Crippen LogP contribution < -0.4 is 10.9 Å². The number of pyridine rings is 2. The highest BCUT2D eigenvalue weighted by Gasteiger charge is 2.16. The van der Waals surface area contributed by atoms with Crippen molar-refractivity contribution in [3.05, 3.63) is 106 Å². The van der Waals surface area contributed by atoms with Crippen LogP contribution in [0.2, 0.25) is 0 Å². The smallest absolute Gasteiger partial charge is 0.263 e. The van der Waals surface area contributed by atoms with E-state index < -0.39 is 5.91 Å². The fraction of sp³-hybridized carbons (Fsp3) is 0.130. The molecule has 0 aliphatic rings. The van der Waals surface area contributed by atoms with E-state index in [4.69, 9.17) is 0 Å². The van der Waals surface area contributed by atoms with Gasteiger partial charge in [0.15, 0.2) is 0 Å². The van der Waals surface area contributed by atoms with Gasteiger partial charge in [0.05, 0.1) is 6.54 Å². The predicted molar refractivity (Wildman–Crippen MR) is 115 cm³/mol. The van der Waals surface area contributed by atoms with Crippen LogP contribution in [0.1, 0.15) is 27.3 Å². The summed E-state index contributed by atoms with van der Waals surface area (Å²) < 4.78 is 3.47. The third-order valence-electron chi connectivity index (χ3n) is 4.91. The number of benzene rings is 1. The predicted octanol–water partition coefficient (Wildman–Crippen LogP) is 3.35. The molecule has 0 saturated heterocycles. The Morgan fingerprint density at radius 2 is 1.83 bits per heavy atom. The molecule has 0 spiro atoms. The Hall–Kier alpha value is -4.00. The molecular formula is C23H21N5O2. The molecule has 150 valence electrons. The summed E-state index contributed by atoms with van der Waals surface area (Å²) >= 11 is 0. The van der Waals surface area contributed by atoms with Crippen molar-refractivity contribution >= 4 is 11.6 Å². The summed E-state index contributed by atoms with van der Waals surface area (Å²) in [6, 6.07) is 12.9. The molecule has 7 nitrogen and oxygen atoms in total. The number of carbonyl (C=O) groups is 1. The van der Waals surface area contributed by atoms with Gasteiger partial charge in [-0.3, -0.25) is 14.6 Å². The molecule has 4 rings (SSSR count). The highest BCUT2D eigenvalue weighted by Crippen LogP contribution is 2.16. The van der Waals surface area contributed by atoms with E-state index in [1.54, 1.807) is 49.9 Å². The maximum atomic E-state index is 12.9. The number of imidazole rings is 1. The second-order valence-corrected chi connectivity index (χ2v) is 7.01. The van der Waals surface area contributed by atoms with Crippen LogP contribution in [0.15, 0.2) is 78.2 Å². The summed E-state index contributed by atoms with van der Waals surface area (Å²) in [6.07, 6.45) is 8.69.